The van der Waals surface area contributed by atoms with E-state index in [0.29, 0.717) is 22.5 Å². The SMILES string of the molecule is COc1ccccc1OC(C)c1nnc(SCC(=O)Nc2cc(C)cc(C)c2)n1C. The van der Waals surface area contributed by atoms with E-state index in [2.05, 4.69) is 21.6 Å². The number of rotatable bonds is 8. The quantitative estimate of drug-likeness (QED) is 0.541. The van der Waals surface area contributed by atoms with Gasteiger partial charge in [-0.1, -0.05) is 30.0 Å². The zero-order valence-electron chi connectivity index (χ0n) is 17.8. The maximum absolute atomic E-state index is 12.3. The highest BCUT2D eigenvalue weighted by Gasteiger charge is 2.19. The van der Waals surface area contributed by atoms with Gasteiger partial charge < -0.3 is 19.4 Å². The van der Waals surface area contributed by atoms with E-state index in [1.165, 1.54) is 11.8 Å². The summed E-state index contributed by atoms with van der Waals surface area (Å²) in [4.78, 5) is 12.3. The molecule has 0 saturated heterocycles. The minimum atomic E-state index is -0.336. The van der Waals surface area contributed by atoms with Crippen LogP contribution in [0.5, 0.6) is 11.5 Å². The molecule has 1 atom stereocenters. The topological polar surface area (TPSA) is 78.3 Å². The number of nitrogens with one attached hydrogen (secondary N) is 1. The van der Waals surface area contributed by atoms with Crippen LogP contribution in [0.4, 0.5) is 5.69 Å². The molecule has 3 aromatic rings. The fourth-order valence-corrected chi connectivity index (χ4v) is 3.86. The molecule has 0 spiro atoms. The summed E-state index contributed by atoms with van der Waals surface area (Å²) in [6.07, 6.45) is -0.336. The van der Waals surface area contributed by atoms with Crippen molar-refractivity contribution >= 4 is 23.4 Å². The summed E-state index contributed by atoms with van der Waals surface area (Å²) in [6, 6.07) is 13.4. The summed E-state index contributed by atoms with van der Waals surface area (Å²) in [7, 11) is 3.47. The molecular weight excluding hydrogens is 400 g/mol. The van der Waals surface area contributed by atoms with Gasteiger partial charge in [0.15, 0.2) is 28.6 Å². The van der Waals surface area contributed by atoms with Crippen molar-refractivity contribution in [2.24, 2.45) is 7.05 Å². The van der Waals surface area contributed by atoms with Crippen LogP contribution < -0.4 is 14.8 Å². The molecule has 1 unspecified atom stereocenters. The molecule has 0 radical (unpaired) electrons. The zero-order valence-corrected chi connectivity index (χ0v) is 18.6. The number of thioether (sulfide) groups is 1. The van der Waals surface area contributed by atoms with E-state index in [9.17, 15) is 4.79 Å². The Balaban J connectivity index is 1.61. The Bertz CT molecular complexity index is 1010. The molecule has 8 heteroatoms. The molecule has 3 rings (SSSR count). The lowest BCUT2D eigenvalue weighted by molar-refractivity contribution is -0.113. The Morgan fingerprint density at radius 2 is 1.80 bits per heavy atom. The molecule has 2 aromatic carbocycles. The first kappa shape index (κ1) is 21.7. The highest BCUT2D eigenvalue weighted by molar-refractivity contribution is 7.99. The smallest absolute Gasteiger partial charge is 0.234 e. The van der Waals surface area contributed by atoms with Gasteiger partial charge in [0.05, 0.1) is 12.9 Å². The molecule has 0 aliphatic heterocycles. The van der Waals surface area contributed by atoms with Gasteiger partial charge in [-0.3, -0.25) is 4.79 Å². The predicted octanol–water partition coefficient (Wildman–Crippen LogP) is 4.31. The molecule has 1 heterocycles. The molecule has 7 nitrogen and oxygen atoms in total. The van der Waals surface area contributed by atoms with Gasteiger partial charge in [-0.05, 0) is 56.2 Å². The molecular formula is C22H26N4O3S. The fourth-order valence-electron chi connectivity index (χ4n) is 3.14. The van der Waals surface area contributed by atoms with Crippen molar-refractivity contribution in [2.45, 2.75) is 32.0 Å². The maximum Gasteiger partial charge on any atom is 0.234 e. The summed E-state index contributed by atoms with van der Waals surface area (Å²) in [5.74, 6) is 2.11. The van der Waals surface area contributed by atoms with Crippen LogP contribution in [-0.2, 0) is 11.8 Å². The number of aromatic nitrogens is 3. The van der Waals surface area contributed by atoms with Gasteiger partial charge >= 0.3 is 0 Å². The second-order valence-electron chi connectivity index (χ2n) is 7.02. The third-order valence-corrected chi connectivity index (χ3v) is 5.46. The number of anilines is 1. The second kappa shape index (κ2) is 9.67. The van der Waals surface area contributed by atoms with Gasteiger partial charge in [0.25, 0.3) is 0 Å². The molecule has 158 valence electrons. The number of carbonyl (C=O) groups is 1. The van der Waals surface area contributed by atoms with E-state index in [1.54, 1.807) is 7.11 Å². The number of aryl methyl sites for hydroxylation is 2. The van der Waals surface area contributed by atoms with Gasteiger partial charge in [-0.2, -0.15) is 0 Å². The molecule has 0 bridgehead atoms. The van der Waals surface area contributed by atoms with E-state index in [-0.39, 0.29) is 17.8 Å². The number of nitrogens with zero attached hydrogens (tertiary/aromatic N) is 3. The van der Waals surface area contributed by atoms with Crippen LogP contribution in [0.3, 0.4) is 0 Å². The third kappa shape index (κ3) is 5.33. The zero-order chi connectivity index (χ0) is 21.7. The van der Waals surface area contributed by atoms with Crippen LogP contribution in [0.25, 0.3) is 0 Å². The fraction of sp³-hybridized carbons (Fsp3) is 0.318. The summed E-state index contributed by atoms with van der Waals surface area (Å²) in [5, 5.41) is 12.0. The monoisotopic (exact) mass is 426 g/mol. The van der Waals surface area contributed by atoms with Crippen molar-refractivity contribution in [3.05, 3.63) is 59.4 Å². The summed E-state index contributed by atoms with van der Waals surface area (Å²) < 4.78 is 13.2. The van der Waals surface area contributed by atoms with Crippen molar-refractivity contribution in [3.8, 4) is 11.5 Å². The highest BCUT2D eigenvalue weighted by atomic mass is 32.2. The lowest BCUT2D eigenvalue weighted by Gasteiger charge is -2.16. The molecule has 0 aliphatic rings. The molecule has 1 amide bonds. The van der Waals surface area contributed by atoms with E-state index >= 15 is 0 Å². The third-order valence-electron chi connectivity index (χ3n) is 4.44. The predicted molar refractivity (Wildman–Crippen MR) is 118 cm³/mol. The Morgan fingerprint density at radius 3 is 2.47 bits per heavy atom. The van der Waals surface area contributed by atoms with Crippen molar-refractivity contribution < 1.29 is 14.3 Å². The lowest BCUT2D eigenvalue weighted by atomic mass is 10.1. The van der Waals surface area contributed by atoms with Crippen molar-refractivity contribution in [2.75, 3.05) is 18.2 Å². The first-order valence-electron chi connectivity index (χ1n) is 9.57. The van der Waals surface area contributed by atoms with Crippen molar-refractivity contribution in [3.63, 3.8) is 0 Å². The summed E-state index contributed by atoms with van der Waals surface area (Å²) in [6.45, 7) is 5.91. The minimum Gasteiger partial charge on any atom is -0.493 e. The molecule has 1 N–H and O–H groups in total. The number of hydrogen-bond acceptors (Lipinski definition) is 6. The van der Waals surface area contributed by atoms with Crippen molar-refractivity contribution in [1.82, 2.24) is 14.8 Å². The van der Waals surface area contributed by atoms with E-state index < -0.39 is 0 Å². The average Bonchev–Trinajstić information content (AvgIpc) is 3.06. The van der Waals surface area contributed by atoms with E-state index in [4.69, 9.17) is 9.47 Å². The molecule has 0 aliphatic carbocycles. The van der Waals surface area contributed by atoms with E-state index in [1.807, 2.05) is 68.8 Å². The standard InChI is InChI=1S/C22H26N4O3S/c1-14-10-15(2)12-17(11-14)23-20(27)13-30-22-25-24-21(26(22)4)16(3)29-19-9-7-6-8-18(19)28-5/h6-12,16H,13H2,1-5H3,(H,23,27). The average molecular weight is 427 g/mol. The molecule has 30 heavy (non-hydrogen) atoms. The normalized spacial score (nSPS) is 11.8. The van der Waals surface area contributed by atoms with Gasteiger partial charge in [0.2, 0.25) is 5.91 Å². The van der Waals surface area contributed by atoms with Crippen LogP contribution in [0.1, 0.15) is 30.0 Å². The summed E-state index contributed by atoms with van der Waals surface area (Å²) in [5.41, 5.74) is 3.02. The number of ether oxygens (including phenoxy) is 2. The lowest BCUT2D eigenvalue weighted by Crippen LogP contribution is -2.15. The van der Waals surface area contributed by atoms with Crippen LogP contribution >= 0.6 is 11.8 Å². The minimum absolute atomic E-state index is 0.0899. The Hall–Kier alpha value is -3.00. The maximum atomic E-state index is 12.3. The van der Waals surface area contributed by atoms with Crippen LogP contribution in [0, 0.1) is 13.8 Å². The second-order valence-corrected chi connectivity index (χ2v) is 7.97. The number of hydrogen-bond donors (Lipinski definition) is 1. The van der Waals surface area contributed by atoms with Gasteiger partial charge in [-0.15, -0.1) is 10.2 Å². The van der Waals surface area contributed by atoms with Crippen LogP contribution in [0.15, 0.2) is 47.6 Å². The van der Waals surface area contributed by atoms with Gasteiger partial charge in [0.1, 0.15) is 0 Å². The molecule has 1 aromatic heterocycles. The molecule has 0 fully saturated rings. The van der Waals surface area contributed by atoms with E-state index in [0.717, 1.165) is 16.8 Å². The Labute approximate surface area is 180 Å². The number of amides is 1. The van der Waals surface area contributed by atoms with Crippen molar-refractivity contribution in [1.29, 1.82) is 0 Å². The first-order chi connectivity index (χ1) is 14.4. The largest absolute Gasteiger partial charge is 0.493 e. The van der Waals surface area contributed by atoms with Crippen LogP contribution in [0.2, 0.25) is 0 Å². The summed E-state index contributed by atoms with van der Waals surface area (Å²) >= 11 is 1.33. The number of benzene rings is 2. The highest BCUT2D eigenvalue weighted by Crippen LogP contribution is 2.30. The number of methoxy groups -OCH3 is 1. The number of carbonyl (C=O) groups excluding carboxylic acids is 1. The molecule has 0 saturated carbocycles. The Kier molecular flexibility index (Phi) is 6.99. The van der Waals surface area contributed by atoms with Crippen LogP contribution in [-0.4, -0.2) is 33.5 Å². The van der Waals surface area contributed by atoms with Gasteiger partial charge in [0, 0.05) is 12.7 Å². The van der Waals surface area contributed by atoms with Gasteiger partial charge in [-0.25, -0.2) is 0 Å². The number of para-hydroxylation sites is 2. The Morgan fingerprint density at radius 1 is 1.13 bits per heavy atom. The first-order valence-corrected chi connectivity index (χ1v) is 10.6.